The van der Waals surface area contributed by atoms with Gasteiger partial charge in [-0.25, -0.2) is 4.98 Å². The number of fused-ring (bicyclic) bond motifs is 3. The molecule has 9 nitrogen and oxygen atoms in total. The quantitative estimate of drug-likeness (QED) is 0.429. The largest absolute Gasteiger partial charge is 0.389 e. The summed E-state index contributed by atoms with van der Waals surface area (Å²) in [5.74, 6) is -0.101. The summed E-state index contributed by atoms with van der Waals surface area (Å²) in [5.41, 5.74) is 2.76. The van der Waals surface area contributed by atoms with Gasteiger partial charge in [-0.2, -0.15) is 0 Å². The molecule has 2 fully saturated rings. The molecular formula is C28H28N4O5. The number of nitrogens with zero attached hydrogens (tertiary/aromatic N) is 4. The molecule has 4 heterocycles. The average molecular weight is 501 g/mol. The topological polar surface area (TPSA) is 107 Å². The molecule has 0 aliphatic carbocycles. The van der Waals surface area contributed by atoms with E-state index in [9.17, 15) is 14.7 Å². The van der Waals surface area contributed by atoms with Crippen molar-refractivity contribution in [3.8, 4) is 0 Å². The van der Waals surface area contributed by atoms with Crippen molar-refractivity contribution in [2.45, 2.75) is 25.0 Å². The Morgan fingerprint density at radius 3 is 2.62 bits per heavy atom. The molecule has 6 rings (SSSR count). The normalized spacial score (nSPS) is 20.4. The highest BCUT2D eigenvalue weighted by Crippen LogP contribution is 2.29. The molecule has 2 atom stereocenters. The van der Waals surface area contributed by atoms with Crippen LogP contribution in [-0.4, -0.2) is 76.1 Å². The van der Waals surface area contributed by atoms with E-state index in [0.29, 0.717) is 62.3 Å². The van der Waals surface area contributed by atoms with Crippen molar-refractivity contribution in [2.24, 2.45) is 0 Å². The first-order chi connectivity index (χ1) is 18.1. The van der Waals surface area contributed by atoms with E-state index >= 15 is 0 Å². The van der Waals surface area contributed by atoms with Gasteiger partial charge in [-0.05, 0) is 47.6 Å². The number of hydrogen-bond acceptors (Lipinski definition) is 7. The van der Waals surface area contributed by atoms with E-state index in [1.807, 2.05) is 42.5 Å². The van der Waals surface area contributed by atoms with Gasteiger partial charge in [0.05, 0.1) is 49.2 Å². The van der Waals surface area contributed by atoms with Gasteiger partial charge < -0.3 is 19.5 Å². The van der Waals surface area contributed by atoms with Crippen LogP contribution in [0.1, 0.15) is 34.1 Å². The van der Waals surface area contributed by atoms with E-state index in [2.05, 4.69) is 9.97 Å². The average Bonchev–Trinajstić information content (AvgIpc) is 2.94. The first-order valence-corrected chi connectivity index (χ1v) is 12.6. The summed E-state index contributed by atoms with van der Waals surface area (Å²) in [5, 5.41) is 12.9. The van der Waals surface area contributed by atoms with Gasteiger partial charge >= 0.3 is 0 Å². The standard InChI is InChI=1S/C28H28N4O5/c33-25-16-37-10-6-24(25)32-17-30-26-21-4-2-1-3-20(21)19(15-22(26)27(32)34)13-18-5-7-29-23(14-18)28(35)31-8-11-36-12-9-31/h1-5,7,14-15,17,24-25,33H,6,8-13,16H2/t24-,25-/m0/s1. The highest BCUT2D eigenvalue weighted by Gasteiger charge is 2.27. The van der Waals surface area contributed by atoms with Crippen molar-refractivity contribution in [1.82, 2.24) is 19.4 Å². The predicted molar refractivity (Wildman–Crippen MR) is 138 cm³/mol. The zero-order chi connectivity index (χ0) is 25.4. The van der Waals surface area contributed by atoms with Gasteiger partial charge in [0.1, 0.15) is 5.69 Å². The number of aliphatic hydroxyl groups is 1. The maximum absolute atomic E-state index is 13.6. The lowest BCUT2D eigenvalue weighted by atomic mass is 9.96. The van der Waals surface area contributed by atoms with Crippen LogP contribution in [0.25, 0.3) is 21.7 Å². The van der Waals surface area contributed by atoms with Gasteiger partial charge in [0.15, 0.2) is 0 Å². The van der Waals surface area contributed by atoms with E-state index in [0.717, 1.165) is 21.9 Å². The Labute approximate surface area is 213 Å². The van der Waals surface area contributed by atoms with Crippen LogP contribution in [0, 0.1) is 0 Å². The molecule has 1 amide bonds. The summed E-state index contributed by atoms with van der Waals surface area (Å²) in [7, 11) is 0. The molecule has 1 N–H and O–H groups in total. The van der Waals surface area contributed by atoms with Crippen molar-refractivity contribution >= 4 is 27.6 Å². The Morgan fingerprint density at radius 2 is 1.81 bits per heavy atom. The van der Waals surface area contributed by atoms with Gasteiger partial charge in [-0.1, -0.05) is 24.3 Å². The lowest BCUT2D eigenvalue weighted by Crippen LogP contribution is -2.41. The number of carbonyl (C=O) groups excluding carboxylic acids is 1. The minimum atomic E-state index is -0.759. The third kappa shape index (κ3) is 4.50. The molecule has 37 heavy (non-hydrogen) atoms. The fourth-order valence-electron chi connectivity index (χ4n) is 5.32. The van der Waals surface area contributed by atoms with Crippen molar-refractivity contribution in [3.63, 3.8) is 0 Å². The minimum Gasteiger partial charge on any atom is -0.389 e. The number of morpholine rings is 1. The van der Waals surface area contributed by atoms with Gasteiger partial charge in [0.25, 0.3) is 11.5 Å². The number of hydrogen-bond donors (Lipinski definition) is 1. The molecule has 4 aromatic rings. The van der Waals surface area contributed by atoms with Crippen LogP contribution in [0.2, 0.25) is 0 Å². The molecule has 0 spiro atoms. The summed E-state index contributed by atoms with van der Waals surface area (Å²) in [4.78, 5) is 37.4. The summed E-state index contributed by atoms with van der Waals surface area (Å²) in [6.07, 6.45) is 3.52. The zero-order valence-electron chi connectivity index (χ0n) is 20.4. The van der Waals surface area contributed by atoms with Crippen LogP contribution < -0.4 is 5.56 Å². The summed E-state index contributed by atoms with van der Waals surface area (Å²) in [6, 6.07) is 13.2. The van der Waals surface area contributed by atoms with E-state index in [1.54, 1.807) is 22.0 Å². The second-order valence-electron chi connectivity index (χ2n) is 9.56. The fourth-order valence-corrected chi connectivity index (χ4v) is 5.32. The van der Waals surface area contributed by atoms with Crippen molar-refractivity contribution in [3.05, 3.63) is 82.2 Å². The zero-order valence-corrected chi connectivity index (χ0v) is 20.4. The van der Waals surface area contributed by atoms with Crippen LogP contribution in [-0.2, 0) is 15.9 Å². The number of aliphatic hydroxyl groups excluding tert-OH is 1. The van der Waals surface area contributed by atoms with E-state index in [4.69, 9.17) is 9.47 Å². The first kappa shape index (κ1) is 23.7. The molecule has 2 aromatic carbocycles. The van der Waals surface area contributed by atoms with Crippen LogP contribution in [0.4, 0.5) is 0 Å². The second-order valence-corrected chi connectivity index (χ2v) is 9.56. The summed E-state index contributed by atoms with van der Waals surface area (Å²) >= 11 is 0. The maximum atomic E-state index is 13.6. The van der Waals surface area contributed by atoms with E-state index < -0.39 is 6.10 Å². The number of rotatable bonds is 4. The Bertz CT molecular complexity index is 1530. The molecule has 0 bridgehead atoms. The molecule has 190 valence electrons. The first-order valence-electron chi connectivity index (χ1n) is 12.6. The molecule has 0 saturated carbocycles. The van der Waals surface area contributed by atoms with Crippen molar-refractivity contribution < 1.29 is 19.4 Å². The second kappa shape index (κ2) is 10.0. The predicted octanol–water partition coefficient (Wildman–Crippen LogP) is 2.33. The fraction of sp³-hybridized carbons (Fsp3) is 0.357. The maximum Gasteiger partial charge on any atom is 0.272 e. The van der Waals surface area contributed by atoms with Crippen molar-refractivity contribution in [1.29, 1.82) is 0 Å². The van der Waals surface area contributed by atoms with Crippen LogP contribution in [0.3, 0.4) is 0 Å². The summed E-state index contributed by atoms with van der Waals surface area (Å²) in [6.45, 7) is 2.87. The third-order valence-corrected chi connectivity index (χ3v) is 7.26. The number of carbonyl (C=O) groups is 1. The number of ether oxygens (including phenoxy) is 2. The molecule has 2 aromatic heterocycles. The Hall–Kier alpha value is -3.66. The molecule has 2 aliphatic rings. The highest BCUT2D eigenvalue weighted by atomic mass is 16.5. The Kier molecular flexibility index (Phi) is 6.42. The minimum absolute atomic E-state index is 0.101. The molecule has 9 heteroatoms. The number of aromatic nitrogens is 3. The van der Waals surface area contributed by atoms with Crippen LogP contribution >= 0.6 is 0 Å². The number of amides is 1. The van der Waals surface area contributed by atoms with E-state index in [-0.39, 0.29) is 24.1 Å². The van der Waals surface area contributed by atoms with Crippen LogP contribution in [0.15, 0.2) is 59.8 Å². The van der Waals surface area contributed by atoms with Gasteiger partial charge in [0, 0.05) is 31.3 Å². The Morgan fingerprint density at radius 1 is 1.00 bits per heavy atom. The molecule has 0 unspecified atom stereocenters. The Balaban J connectivity index is 1.41. The molecule has 0 radical (unpaired) electrons. The molecule has 2 saturated heterocycles. The highest BCUT2D eigenvalue weighted by molar-refractivity contribution is 6.06. The van der Waals surface area contributed by atoms with E-state index in [1.165, 1.54) is 0 Å². The van der Waals surface area contributed by atoms with Crippen molar-refractivity contribution in [2.75, 3.05) is 39.5 Å². The molecular weight excluding hydrogens is 472 g/mol. The SMILES string of the molecule is O=C(c1cc(Cc2cc3c(=O)n([C@H]4CCOC[C@@H]4O)cnc3c3ccccc23)ccn1)N1CCOCC1. The van der Waals surface area contributed by atoms with Crippen LogP contribution in [0.5, 0.6) is 0 Å². The van der Waals surface area contributed by atoms with Gasteiger partial charge in [-0.3, -0.25) is 19.1 Å². The van der Waals surface area contributed by atoms with Gasteiger partial charge in [-0.15, -0.1) is 0 Å². The number of pyridine rings is 1. The summed E-state index contributed by atoms with van der Waals surface area (Å²) < 4.78 is 12.2. The smallest absolute Gasteiger partial charge is 0.272 e. The van der Waals surface area contributed by atoms with Gasteiger partial charge in [0.2, 0.25) is 0 Å². The third-order valence-electron chi connectivity index (χ3n) is 7.26. The number of benzene rings is 2. The lowest BCUT2D eigenvalue weighted by molar-refractivity contribution is -0.0395. The lowest BCUT2D eigenvalue weighted by Gasteiger charge is -2.29. The molecule has 2 aliphatic heterocycles. The monoisotopic (exact) mass is 500 g/mol.